The molecule has 2 aliphatic rings. The maximum Gasteiger partial charge on any atom is 0.335 e. The van der Waals surface area contributed by atoms with Crippen LogP contribution in [0.1, 0.15) is 58.1 Å². The molecule has 2 aliphatic heterocycles. The summed E-state index contributed by atoms with van der Waals surface area (Å²) < 4.78 is 13.7. The minimum absolute atomic E-state index is 0.00556. The molecule has 0 spiro atoms. The number of rotatable bonds is 3. The zero-order valence-electron chi connectivity index (χ0n) is 19.5. The van der Waals surface area contributed by atoms with Gasteiger partial charge in [0, 0.05) is 17.3 Å². The number of fused-ring (bicyclic) bond motifs is 1. The Labute approximate surface area is 193 Å². The minimum Gasteiger partial charge on any atom is -0.364 e. The number of nitrogens with one attached hydrogen (secondary N) is 1. The van der Waals surface area contributed by atoms with Crippen LogP contribution in [0.2, 0.25) is 0 Å². The highest BCUT2D eigenvalue weighted by Crippen LogP contribution is 2.44. The van der Waals surface area contributed by atoms with E-state index in [1.54, 1.807) is 0 Å². The van der Waals surface area contributed by atoms with Crippen LogP contribution in [0, 0.1) is 5.82 Å². The number of carbonyl (C=O) groups is 3. The zero-order chi connectivity index (χ0) is 24.1. The highest BCUT2D eigenvalue weighted by molar-refractivity contribution is 6.39. The summed E-state index contributed by atoms with van der Waals surface area (Å²) in [4.78, 5) is 41.1. The number of benzene rings is 2. The maximum atomic E-state index is 13.7. The number of carbonyl (C=O) groups excluding carboxylic acids is 3. The van der Waals surface area contributed by atoms with Gasteiger partial charge in [0.25, 0.3) is 11.8 Å². The van der Waals surface area contributed by atoms with Crippen molar-refractivity contribution in [3.8, 4) is 0 Å². The van der Waals surface area contributed by atoms with Gasteiger partial charge in [-0.1, -0.05) is 19.1 Å². The Kier molecular flexibility index (Phi) is 5.60. The van der Waals surface area contributed by atoms with Crippen LogP contribution in [-0.2, 0) is 9.59 Å². The first-order valence-corrected chi connectivity index (χ1v) is 11.1. The van der Waals surface area contributed by atoms with Gasteiger partial charge in [-0.2, -0.15) is 0 Å². The van der Waals surface area contributed by atoms with Crippen LogP contribution in [0.15, 0.2) is 48.0 Å². The van der Waals surface area contributed by atoms with E-state index in [0.29, 0.717) is 17.5 Å². The number of anilines is 2. The number of amides is 4. The van der Waals surface area contributed by atoms with Gasteiger partial charge in [-0.15, -0.1) is 0 Å². The van der Waals surface area contributed by atoms with E-state index in [9.17, 15) is 18.8 Å². The van der Waals surface area contributed by atoms with Crippen LogP contribution in [0.4, 0.5) is 20.6 Å². The van der Waals surface area contributed by atoms with Crippen LogP contribution < -0.4 is 15.1 Å². The predicted octanol–water partition coefficient (Wildman–Crippen LogP) is 4.99. The average Bonchev–Trinajstić information content (AvgIpc) is 2.70. The zero-order valence-corrected chi connectivity index (χ0v) is 19.5. The predicted molar refractivity (Wildman–Crippen MR) is 127 cm³/mol. The smallest absolute Gasteiger partial charge is 0.335 e. The van der Waals surface area contributed by atoms with Crippen LogP contribution in [0.5, 0.6) is 0 Å². The molecule has 1 fully saturated rings. The Hall–Kier alpha value is -3.48. The second kappa shape index (κ2) is 8.14. The summed E-state index contributed by atoms with van der Waals surface area (Å²) in [6.07, 6.45) is 2.46. The Morgan fingerprint density at radius 3 is 2.52 bits per heavy atom. The molecule has 6 nitrogen and oxygen atoms in total. The SMILES string of the molecule is CC1CC(C)(C)N(C(C)C)c2ccc(/C=C3\C(=O)NC(=O)N(c4cccc(F)c4)C3=O)cc21. The van der Waals surface area contributed by atoms with Crippen LogP contribution in [0.25, 0.3) is 6.08 Å². The van der Waals surface area contributed by atoms with Gasteiger partial charge in [-0.25, -0.2) is 14.1 Å². The van der Waals surface area contributed by atoms with Gasteiger partial charge in [0.05, 0.1) is 5.69 Å². The van der Waals surface area contributed by atoms with Crippen molar-refractivity contribution in [2.45, 2.75) is 58.5 Å². The topological polar surface area (TPSA) is 69.7 Å². The van der Waals surface area contributed by atoms with Crippen LogP contribution in [-0.4, -0.2) is 29.4 Å². The van der Waals surface area contributed by atoms with E-state index < -0.39 is 23.7 Å². The molecule has 7 heteroatoms. The number of nitrogens with zero attached hydrogens (tertiary/aromatic N) is 2. The molecule has 0 aromatic heterocycles. The molecule has 4 rings (SSSR count). The van der Waals surface area contributed by atoms with Crippen LogP contribution >= 0.6 is 0 Å². The largest absolute Gasteiger partial charge is 0.364 e. The molecule has 1 N–H and O–H groups in total. The van der Waals surface area contributed by atoms with Crippen molar-refractivity contribution in [2.75, 3.05) is 9.80 Å². The summed E-state index contributed by atoms with van der Waals surface area (Å²) >= 11 is 0. The van der Waals surface area contributed by atoms with Gasteiger partial charge < -0.3 is 4.90 Å². The molecule has 1 atom stereocenters. The summed E-state index contributed by atoms with van der Waals surface area (Å²) in [6.45, 7) is 11.0. The Balaban J connectivity index is 1.74. The van der Waals surface area contributed by atoms with Crippen molar-refractivity contribution >= 4 is 35.3 Å². The molecule has 1 saturated heterocycles. The lowest BCUT2D eigenvalue weighted by Gasteiger charge is -2.50. The highest BCUT2D eigenvalue weighted by atomic mass is 19.1. The molecule has 1 unspecified atom stereocenters. The molecular weight excluding hydrogens is 421 g/mol. The van der Waals surface area contributed by atoms with Crippen molar-refractivity contribution in [2.24, 2.45) is 0 Å². The fourth-order valence-corrected chi connectivity index (χ4v) is 5.21. The summed E-state index contributed by atoms with van der Waals surface area (Å²) in [6, 6.07) is 10.4. The number of barbiturate groups is 1. The Morgan fingerprint density at radius 2 is 1.85 bits per heavy atom. The minimum atomic E-state index is -0.901. The van der Waals surface area contributed by atoms with Gasteiger partial charge in [0.2, 0.25) is 0 Å². The van der Waals surface area contributed by atoms with Gasteiger partial charge in [-0.05, 0) is 87.6 Å². The molecule has 4 amide bonds. The van der Waals surface area contributed by atoms with Crippen molar-refractivity contribution in [1.29, 1.82) is 0 Å². The van der Waals surface area contributed by atoms with E-state index in [2.05, 4.69) is 44.8 Å². The number of halogens is 1. The molecule has 0 aliphatic carbocycles. The van der Waals surface area contributed by atoms with Crippen LogP contribution in [0.3, 0.4) is 0 Å². The molecule has 2 aromatic rings. The number of hydrogen-bond donors (Lipinski definition) is 1. The summed E-state index contributed by atoms with van der Waals surface area (Å²) in [5.41, 5.74) is 2.88. The lowest BCUT2D eigenvalue weighted by atomic mass is 9.78. The van der Waals surface area contributed by atoms with E-state index in [-0.39, 0.29) is 16.8 Å². The standard InChI is InChI=1S/C26H28FN3O3/c1-15(2)30-22-10-9-17(11-20(22)16(3)14-26(30,4)5)12-21-23(31)28-25(33)29(24(21)32)19-8-6-7-18(27)13-19/h6-13,15-16H,14H2,1-5H3,(H,28,31,33)/b21-12+. The molecule has 2 heterocycles. The van der Waals surface area contributed by atoms with E-state index in [1.807, 2.05) is 18.2 Å². The third kappa shape index (κ3) is 4.03. The van der Waals surface area contributed by atoms with E-state index in [0.717, 1.165) is 28.6 Å². The first-order valence-electron chi connectivity index (χ1n) is 11.1. The normalized spacial score (nSPS) is 21.5. The second-order valence-electron chi connectivity index (χ2n) is 9.64. The summed E-state index contributed by atoms with van der Waals surface area (Å²) in [7, 11) is 0. The van der Waals surface area contributed by atoms with Gasteiger partial charge >= 0.3 is 6.03 Å². The molecular formula is C26H28FN3O3. The number of imide groups is 2. The fourth-order valence-electron chi connectivity index (χ4n) is 5.21. The average molecular weight is 450 g/mol. The molecule has 0 bridgehead atoms. The second-order valence-corrected chi connectivity index (χ2v) is 9.64. The Morgan fingerprint density at radius 1 is 1.12 bits per heavy atom. The molecule has 33 heavy (non-hydrogen) atoms. The first-order chi connectivity index (χ1) is 15.5. The summed E-state index contributed by atoms with van der Waals surface area (Å²) in [5.74, 6) is -1.85. The molecule has 172 valence electrons. The van der Waals surface area contributed by atoms with E-state index in [4.69, 9.17) is 0 Å². The summed E-state index contributed by atoms with van der Waals surface area (Å²) in [5, 5.41) is 2.18. The van der Waals surface area contributed by atoms with Gasteiger partial charge in [0.1, 0.15) is 11.4 Å². The third-order valence-corrected chi connectivity index (χ3v) is 6.30. The molecule has 0 saturated carbocycles. The van der Waals surface area contributed by atoms with Gasteiger partial charge in [-0.3, -0.25) is 14.9 Å². The van der Waals surface area contributed by atoms with Crippen molar-refractivity contribution in [3.05, 3.63) is 65.0 Å². The van der Waals surface area contributed by atoms with Crippen molar-refractivity contribution < 1.29 is 18.8 Å². The first kappa shape index (κ1) is 22.7. The fraction of sp³-hybridized carbons (Fsp3) is 0.346. The molecule has 2 aromatic carbocycles. The number of urea groups is 1. The van der Waals surface area contributed by atoms with Crippen molar-refractivity contribution in [3.63, 3.8) is 0 Å². The quantitative estimate of drug-likeness (QED) is 0.529. The van der Waals surface area contributed by atoms with E-state index in [1.165, 1.54) is 24.3 Å². The van der Waals surface area contributed by atoms with Crippen molar-refractivity contribution in [1.82, 2.24) is 5.32 Å². The number of hydrogen-bond acceptors (Lipinski definition) is 4. The lowest BCUT2D eigenvalue weighted by molar-refractivity contribution is -0.122. The van der Waals surface area contributed by atoms with Gasteiger partial charge in [0.15, 0.2) is 0 Å². The maximum absolute atomic E-state index is 13.7. The Bertz CT molecular complexity index is 1190. The monoisotopic (exact) mass is 449 g/mol. The third-order valence-electron chi connectivity index (χ3n) is 6.30. The lowest BCUT2D eigenvalue weighted by Crippen LogP contribution is -2.54. The molecule has 0 radical (unpaired) electrons. The highest BCUT2D eigenvalue weighted by Gasteiger charge is 2.39. The van der Waals surface area contributed by atoms with E-state index >= 15 is 0 Å².